The number of rotatable bonds is 10. The highest BCUT2D eigenvalue weighted by Gasteiger charge is 2.10. The van der Waals surface area contributed by atoms with E-state index in [9.17, 15) is 0 Å². The van der Waals surface area contributed by atoms with Crippen LogP contribution in [0.5, 0.6) is 5.75 Å². The molecule has 1 N–H and O–H groups in total. The van der Waals surface area contributed by atoms with Gasteiger partial charge in [-0.3, -0.25) is 4.99 Å². The van der Waals surface area contributed by atoms with Gasteiger partial charge in [0, 0.05) is 12.1 Å². The summed E-state index contributed by atoms with van der Waals surface area (Å²) in [6.07, 6.45) is 9.01. The molecule has 122 valence electrons. The van der Waals surface area contributed by atoms with Crippen LogP contribution in [0.2, 0.25) is 5.02 Å². The highest BCUT2D eigenvalue weighted by atomic mass is 35.5. The number of hydrogen-bond donors (Lipinski definition) is 1. The molecule has 1 aromatic rings. The van der Waals surface area contributed by atoms with Crippen LogP contribution < -0.4 is 10.1 Å². The van der Waals surface area contributed by atoms with Gasteiger partial charge in [0.05, 0.1) is 18.2 Å². The lowest BCUT2D eigenvalue weighted by Crippen LogP contribution is -2.19. The molecule has 1 aliphatic heterocycles. The Labute approximate surface area is 139 Å². The van der Waals surface area contributed by atoms with Crippen LogP contribution in [0.3, 0.4) is 0 Å². The summed E-state index contributed by atoms with van der Waals surface area (Å²) in [5.74, 6) is 1.70. The lowest BCUT2D eigenvalue weighted by atomic mass is 10.1. The lowest BCUT2D eigenvalue weighted by molar-refractivity contribution is 0.304. The minimum Gasteiger partial charge on any atom is -0.492 e. The number of aliphatic imine (C=N–C) groups is 1. The Kier molecular flexibility index (Phi) is 7.58. The highest BCUT2D eigenvalue weighted by Crippen LogP contribution is 2.26. The van der Waals surface area contributed by atoms with Crippen LogP contribution in [-0.4, -0.2) is 25.5 Å². The minimum absolute atomic E-state index is 0.664. The van der Waals surface area contributed by atoms with Crippen LogP contribution in [0.25, 0.3) is 0 Å². The van der Waals surface area contributed by atoms with Crippen molar-refractivity contribution >= 4 is 17.4 Å². The Hall–Kier alpha value is -1.22. The van der Waals surface area contributed by atoms with Crippen molar-refractivity contribution in [3.63, 3.8) is 0 Å². The predicted octanol–water partition coefficient (Wildman–Crippen LogP) is 4.82. The number of unbranched alkanes of at least 4 members (excludes halogenated alkanes) is 6. The summed E-state index contributed by atoms with van der Waals surface area (Å²) in [6.45, 7) is 4.73. The van der Waals surface area contributed by atoms with Crippen LogP contribution in [0.1, 0.15) is 57.4 Å². The van der Waals surface area contributed by atoms with E-state index in [1.807, 2.05) is 18.2 Å². The molecule has 0 aliphatic carbocycles. The average Bonchev–Trinajstić information content (AvgIpc) is 3.05. The van der Waals surface area contributed by atoms with Crippen molar-refractivity contribution in [2.75, 3.05) is 19.7 Å². The smallest absolute Gasteiger partial charge is 0.137 e. The van der Waals surface area contributed by atoms with Gasteiger partial charge in [-0.15, -0.1) is 0 Å². The molecule has 0 spiro atoms. The van der Waals surface area contributed by atoms with E-state index in [1.165, 1.54) is 38.5 Å². The van der Waals surface area contributed by atoms with Gasteiger partial charge in [-0.1, -0.05) is 57.0 Å². The maximum Gasteiger partial charge on any atom is 0.137 e. The molecule has 0 aromatic heterocycles. The second-order valence-electron chi connectivity index (χ2n) is 5.77. The Morgan fingerprint density at radius 1 is 1.14 bits per heavy atom. The molecule has 4 heteroatoms. The van der Waals surface area contributed by atoms with E-state index < -0.39 is 0 Å². The third kappa shape index (κ3) is 5.53. The number of ether oxygens (including phenoxy) is 1. The summed E-state index contributed by atoms with van der Waals surface area (Å²) >= 11 is 6.30. The van der Waals surface area contributed by atoms with Crippen LogP contribution in [-0.2, 0) is 0 Å². The zero-order valence-electron chi connectivity index (χ0n) is 13.5. The molecular formula is C18H27ClN2O. The van der Waals surface area contributed by atoms with Crippen molar-refractivity contribution in [2.24, 2.45) is 4.99 Å². The predicted molar refractivity (Wildman–Crippen MR) is 94.3 cm³/mol. The number of halogens is 1. The van der Waals surface area contributed by atoms with E-state index in [0.29, 0.717) is 5.02 Å². The van der Waals surface area contributed by atoms with E-state index in [4.69, 9.17) is 16.3 Å². The van der Waals surface area contributed by atoms with Gasteiger partial charge in [0.15, 0.2) is 0 Å². The van der Waals surface area contributed by atoms with Crippen molar-refractivity contribution in [1.82, 2.24) is 5.32 Å². The van der Waals surface area contributed by atoms with E-state index in [-0.39, 0.29) is 0 Å². The fourth-order valence-corrected chi connectivity index (χ4v) is 2.83. The Morgan fingerprint density at radius 2 is 1.91 bits per heavy atom. The fraction of sp³-hybridized carbons (Fsp3) is 0.611. The van der Waals surface area contributed by atoms with Crippen molar-refractivity contribution < 1.29 is 4.74 Å². The van der Waals surface area contributed by atoms with Gasteiger partial charge in [0.25, 0.3) is 0 Å². The lowest BCUT2D eigenvalue weighted by Gasteiger charge is -2.10. The zero-order valence-corrected chi connectivity index (χ0v) is 14.3. The molecule has 1 heterocycles. The maximum absolute atomic E-state index is 6.30. The molecule has 0 bridgehead atoms. The Balaban J connectivity index is 1.67. The SMILES string of the molecule is CCCCCCCCCOc1ccc(C2=NCCN2)cc1Cl. The molecule has 22 heavy (non-hydrogen) atoms. The second kappa shape index (κ2) is 9.73. The second-order valence-corrected chi connectivity index (χ2v) is 6.18. The molecule has 0 saturated heterocycles. The van der Waals surface area contributed by atoms with Crippen LogP contribution in [0.15, 0.2) is 23.2 Å². The first-order valence-electron chi connectivity index (χ1n) is 8.52. The Bertz CT molecular complexity index is 488. The molecule has 0 amide bonds. The molecular weight excluding hydrogens is 296 g/mol. The summed E-state index contributed by atoms with van der Waals surface area (Å²) in [4.78, 5) is 4.40. The number of nitrogens with one attached hydrogen (secondary N) is 1. The molecule has 0 fully saturated rings. The standard InChI is InChI=1S/C18H27ClN2O/c1-2-3-4-5-6-7-8-13-22-17-10-9-15(14-16(17)19)18-20-11-12-21-18/h9-10,14H,2-8,11-13H2,1H3,(H,20,21). The summed E-state index contributed by atoms with van der Waals surface area (Å²) in [5.41, 5.74) is 1.03. The molecule has 0 saturated carbocycles. The van der Waals surface area contributed by atoms with Crippen LogP contribution in [0.4, 0.5) is 0 Å². The van der Waals surface area contributed by atoms with Gasteiger partial charge in [-0.05, 0) is 24.6 Å². The van der Waals surface area contributed by atoms with E-state index in [2.05, 4.69) is 17.2 Å². The van der Waals surface area contributed by atoms with E-state index >= 15 is 0 Å². The van der Waals surface area contributed by atoms with Gasteiger partial charge >= 0.3 is 0 Å². The number of nitrogens with zero attached hydrogens (tertiary/aromatic N) is 1. The topological polar surface area (TPSA) is 33.6 Å². The number of hydrogen-bond acceptors (Lipinski definition) is 3. The third-order valence-electron chi connectivity index (χ3n) is 3.88. The van der Waals surface area contributed by atoms with Crippen molar-refractivity contribution in [3.8, 4) is 5.75 Å². The first-order valence-corrected chi connectivity index (χ1v) is 8.90. The fourth-order valence-electron chi connectivity index (χ4n) is 2.60. The van der Waals surface area contributed by atoms with E-state index in [0.717, 1.165) is 43.3 Å². The molecule has 2 rings (SSSR count). The highest BCUT2D eigenvalue weighted by molar-refractivity contribution is 6.32. The summed E-state index contributed by atoms with van der Waals surface area (Å²) in [7, 11) is 0. The first-order chi connectivity index (χ1) is 10.8. The molecule has 1 aliphatic rings. The van der Waals surface area contributed by atoms with Crippen LogP contribution >= 0.6 is 11.6 Å². The van der Waals surface area contributed by atoms with Crippen molar-refractivity contribution in [2.45, 2.75) is 51.9 Å². The summed E-state index contributed by atoms with van der Waals surface area (Å²) in [5, 5.41) is 3.91. The largest absolute Gasteiger partial charge is 0.492 e. The van der Waals surface area contributed by atoms with Crippen LogP contribution in [0, 0.1) is 0 Å². The number of amidine groups is 1. The minimum atomic E-state index is 0.664. The molecule has 3 nitrogen and oxygen atoms in total. The van der Waals surface area contributed by atoms with E-state index in [1.54, 1.807) is 0 Å². The Morgan fingerprint density at radius 3 is 2.59 bits per heavy atom. The third-order valence-corrected chi connectivity index (χ3v) is 4.18. The zero-order chi connectivity index (χ0) is 15.6. The monoisotopic (exact) mass is 322 g/mol. The first kappa shape index (κ1) is 17.1. The average molecular weight is 323 g/mol. The van der Waals surface area contributed by atoms with Crippen molar-refractivity contribution in [1.29, 1.82) is 0 Å². The summed E-state index contributed by atoms with van der Waals surface area (Å²) in [6, 6.07) is 5.89. The van der Waals surface area contributed by atoms with Crippen molar-refractivity contribution in [3.05, 3.63) is 28.8 Å². The van der Waals surface area contributed by atoms with Gasteiger partial charge in [-0.25, -0.2) is 0 Å². The number of benzene rings is 1. The molecule has 0 atom stereocenters. The van der Waals surface area contributed by atoms with Gasteiger partial charge < -0.3 is 10.1 Å². The molecule has 0 unspecified atom stereocenters. The molecule has 0 radical (unpaired) electrons. The molecule has 1 aromatic carbocycles. The van der Waals surface area contributed by atoms with Gasteiger partial charge in [0.1, 0.15) is 11.6 Å². The van der Waals surface area contributed by atoms with Gasteiger partial charge in [-0.2, -0.15) is 0 Å². The van der Waals surface area contributed by atoms with Gasteiger partial charge in [0.2, 0.25) is 0 Å². The maximum atomic E-state index is 6.30. The normalized spacial score (nSPS) is 13.8. The summed E-state index contributed by atoms with van der Waals surface area (Å²) < 4.78 is 5.79. The quantitative estimate of drug-likeness (QED) is 0.627.